The van der Waals surface area contributed by atoms with E-state index in [4.69, 9.17) is 9.84 Å². The molecule has 2 aromatic rings. The van der Waals surface area contributed by atoms with Crippen LogP contribution in [0.15, 0.2) is 36.5 Å². The number of anilines is 1. The third kappa shape index (κ3) is 4.28. The maximum absolute atomic E-state index is 12.3. The number of carbonyl (C=O) groups is 2. The fraction of sp³-hybridized carbons (Fsp3) is 0.353. The molecular formula is C17H20N4O4. The van der Waals surface area contributed by atoms with Gasteiger partial charge in [0.05, 0.1) is 0 Å². The number of carboxylic acids is 1. The summed E-state index contributed by atoms with van der Waals surface area (Å²) in [5.41, 5.74) is 0.513. The maximum atomic E-state index is 12.3. The van der Waals surface area contributed by atoms with Gasteiger partial charge in [-0.15, -0.1) is 0 Å². The van der Waals surface area contributed by atoms with Gasteiger partial charge in [0.15, 0.2) is 12.4 Å². The number of rotatable bonds is 6. The van der Waals surface area contributed by atoms with Gasteiger partial charge in [-0.2, -0.15) is 5.10 Å². The highest BCUT2D eigenvalue weighted by Crippen LogP contribution is 2.18. The number of aliphatic carboxylic acids is 1. The van der Waals surface area contributed by atoms with E-state index in [-0.39, 0.29) is 11.9 Å². The summed E-state index contributed by atoms with van der Waals surface area (Å²) in [5, 5.41) is 16.0. The molecule has 3 rings (SSSR count). The quantitative estimate of drug-likeness (QED) is 0.808. The van der Waals surface area contributed by atoms with Crippen molar-refractivity contribution in [1.82, 2.24) is 15.1 Å². The van der Waals surface area contributed by atoms with Gasteiger partial charge in [-0.05, 0) is 30.7 Å². The Balaban J connectivity index is 1.53. The SMILES string of the molecule is Cn1ccc(N2CCC(NC(=O)c3ccc(OCC(=O)O)cc3)C2)n1. The van der Waals surface area contributed by atoms with Crippen LogP contribution >= 0.6 is 0 Å². The number of amides is 1. The van der Waals surface area contributed by atoms with E-state index in [1.807, 2.05) is 19.3 Å². The van der Waals surface area contributed by atoms with E-state index in [0.717, 1.165) is 25.3 Å². The zero-order valence-electron chi connectivity index (χ0n) is 13.9. The molecule has 0 bridgehead atoms. The smallest absolute Gasteiger partial charge is 0.341 e. The summed E-state index contributed by atoms with van der Waals surface area (Å²) in [4.78, 5) is 25.0. The van der Waals surface area contributed by atoms with E-state index in [2.05, 4.69) is 15.3 Å². The molecule has 1 aliphatic rings. The molecule has 8 heteroatoms. The van der Waals surface area contributed by atoms with Crippen molar-refractivity contribution >= 4 is 17.7 Å². The lowest BCUT2D eigenvalue weighted by atomic mass is 10.2. The van der Waals surface area contributed by atoms with Crippen molar-refractivity contribution in [3.05, 3.63) is 42.1 Å². The number of nitrogens with one attached hydrogen (secondary N) is 1. The molecule has 132 valence electrons. The third-order valence-electron chi connectivity index (χ3n) is 4.03. The van der Waals surface area contributed by atoms with Crippen LogP contribution in [-0.2, 0) is 11.8 Å². The highest BCUT2D eigenvalue weighted by Gasteiger charge is 2.25. The van der Waals surface area contributed by atoms with Gasteiger partial charge in [-0.3, -0.25) is 9.48 Å². The van der Waals surface area contributed by atoms with Crippen LogP contribution in [0, 0.1) is 0 Å². The summed E-state index contributed by atoms with van der Waals surface area (Å²) >= 11 is 0. The molecule has 1 saturated heterocycles. The topological polar surface area (TPSA) is 96.7 Å². The first-order chi connectivity index (χ1) is 12.0. The fourth-order valence-corrected chi connectivity index (χ4v) is 2.77. The van der Waals surface area contributed by atoms with Crippen molar-refractivity contribution in [1.29, 1.82) is 0 Å². The summed E-state index contributed by atoms with van der Waals surface area (Å²) in [5.74, 6) is 0.137. The first-order valence-electron chi connectivity index (χ1n) is 8.01. The second-order valence-corrected chi connectivity index (χ2v) is 5.96. The van der Waals surface area contributed by atoms with Crippen molar-refractivity contribution in [2.75, 3.05) is 24.6 Å². The van der Waals surface area contributed by atoms with Gasteiger partial charge in [-0.1, -0.05) is 0 Å². The molecule has 1 atom stereocenters. The molecule has 0 saturated carbocycles. The minimum absolute atomic E-state index is 0.0671. The molecule has 1 aromatic heterocycles. The van der Waals surface area contributed by atoms with Crippen LogP contribution in [0.2, 0.25) is 0 Å². The first-order valence-corrected chi connectivity index (χ1v) is 8.01. The van der Waals surface area contributed by atoms with Crippen LogP contribution in [0.25, 0.3) is 0 Å². The van der Waals surface area contributed by atoms with Gasteiger partial charge in [0, 0.05) is 44.0 Å². The van der Waals surface area contributed by atoms with Gasteiger partial charge >= 0.3 is 5.97 Å². The molecule has 0 spiro atoms. The van der Waals surface area contributed by atoms with Crippen LogP contribution in [0.1, 0.15) is 16.8 Å². The Morgan fingerprint density at radius 3 is 2.72 bits per heavy atom. The Morgan fingerprint density at radius 2 is 2.08 bits per heavy atom. The van der Waals surface area contributed by atoms with Gasteiger partial charge in [0.25, 0.3) is 5.91 Å². The van der Waals surface area contributed by atoms with Crippen LogP contribution < -0.4 is 15.0 Å². The number of aryl methyl sites for hydroxylation is 1. The summed E-state index contributed by atoms with van der Waals surface area (Å²) in [7, 11) is 1.88. The molecule has 25 heavy (non-hydrogen) atoms. The van der Waals surface area contributed by atoms with E-state index >= 15 is 0 Å². The van der Waals surface area contributed by atoms with Gasteiger partial charge < -0.3 is 20.1 Å². The average Bonchev–Trinajstić information content (AvgIpc) is 3.22. The average molecular weight is 344 g/mol. The number of carboxylic acid groups (broad SMARTS) is 1. The molecule has 2 heterocycles. The molecule has 0 aliphatic carbocycles. The molecule has 1 aliphatic heterocycles. The first kappa shape index (κ1) is 16.8. The van der Waals surface area contributed by atoms with Gasteiger partial charge in [0.1, 0.15) is 5.75 Å². The molecular weight excluding hydrogens is 324 g/mol. The zero-order valence-corrected chi connectivity index (χ0v) is 13.9. The highest BCUT2D eigenvalue weighted by molar-refractivity contribution is 5.94. The van der Waals surface area contributed by atoms with Crippen molar-refractivity contribution in [3.63, 3.8) is 0 Å². The van der Waals surface area contributed by atoms with Crippen molar-refractivity contribution in [3.8, 4) is 5.75 Å². The Labute approximate surface area is 145 Å². The minimum atomic E-state index is -1.04. The lowest BCUT2D eigenvalue weighted by Gasteiger charge is -2.16. The normalized spacial score (nSPS) is 16.7. The molecule has 1 aromatic carbocycles. The summed E-state index contributed by atoms with van der Waals surface area (Å²) in [6.45, 7) is 1.17. The lowest BCUT2D eigenvalue weighted by molar-refractivity contribution is -0.139. The molecule has 2 N–H and O–H groups in total. The van der Waals surface area contributed by atoms with E-state index in [1.165, 1.54) is 0 Å². The van der Waals surface area contributed by atoms with E-state index < -0.39 is 12.6 Å². The largest absolute Gasteiger partial charge is 0.482 e. The van der Waals surface area contributed by atoms with Gasteiger partial charge in [-0.25, -0.2) is 4.79 Å². The van der Waals surface area contributed by atoms with Crippen LogP contribution in [0.5, 0.6) is 5.75 Å². The monoisotopic (exact) mass is 344 g/mol. The second kappa shape index (κ2) is 7.25. The zero-order chi connectivity index (χ0) is 17.8. The fourth-order valence-electron chi connectivity index (χ4n) is 2.77. The Bertz CT molecular complexity index is 756. The molecule has 1 fully saturated rings. The predicted octanol–water partition coefficient (Wildman–Crippen LogP) is 0.892. The minimum Gasteiger partial charge on any atom is -0.482 e. The number of nitrogens with zero attached hydrogens (tertiary/aromatic N) is 3. The summed E-state index contributed by atoms with van der Waals surface area (Å²) < 4.78 is 6.81. The van der Waals surface area contributed by atoms with E-state index in [9.17, 15) is 9.59 Å². The number of carbonyl (C=O) groups excluding carboxylic acids is 1. The highest BCUT2D eigenvalue weighted by atomic mass is 16.5. The third-order valence-corrected chi connectivity index (χ3v) is 4.03. The lowest BCUT2D eigenvalue weighted by Crippen LogP contribution is -2.37. The molecule has 0 radical (unpaired) electrons. The molecule has 1 amide bonds. The summed E-state index contributed by atoms with van der Waals surface area (Å²) in [6, 6.07) is 8.45. The molecule has 8 nitrogen and oxygen atoms in total. The van der Waals surface area contributed by atoms with Crippen molar-refractivity contribution in [2.45, 2.75) is 12.5 Å². The van der Waals surface area contributed by atoms with E-state index in [1.54, 1.807) is 28.9 Å². The molecule has 1 unspecified atom stereocenters. The second-order valence-electron chi connectivity index (χ2n) is 5.96. The number of aromatic nitrogens is 2. The van der Waals surface area contributed by atoms with Crippen LogP contribution in [0.3, 0.4) is 0 Å². The maximum Gasteiger partial charge on any atom is 0.341 e. The van der Waals surface area contributed by atoms with Crippen LogP contribution in [0.4, 0.5) is 5.82 Å². The van der Waals surface area contributed by atoms with Crippen molar-refractivity contribution in [2.24, 2.45) is 7.05 Å². The number of benzene rings is 1. The van der Waals surface area contributed by atoms with Crippen LogP contribution in [-0.4, -0.2) is 52.5 Å². The number of ether oxygens (including phenoxy) is 1. The number of hydrogen-bond donors (Lipinski definition) is 2. The Hall–Kier alpha value is -3.03. The number of hydrogen-bond acceptors (Lipinski definition) is 5. The Kier molecular flexibility index (Phi) is 4.87. The Morgan fingerprint density at radius 1 is 1.32 bits per heavy atom. The summed E-state index contributed by atoms with van der Waals surface area (Å²) in [6.07, 6.45) is 2.76. The predicted molar refractivity (Wildman–Crippen MR) is 90.9 cm³/mol. The standard InChI is InChI=1S/C17H20N4O4/c1-20-8-7-15(19-20)21-9-6-13(10-21)18-17(24)12-2-4-14(5-3-12)25-11-16(22)23/h2-5,7-8,13H,6,9-11H2,1H3,(H,18,24)(H,22,23). The van der Waals surface area contributed by atoms with Crippen molar-refractivity contribution < 1.29 is 19.4 Å². The van der Waals surface area contributed by atoms with Gasteiger partial charge in [0.2, 0.25) is 0 Å². The van der Waals surface area contributed by atoms with E-state index in [0.29, 0.717) is 11.3 Å².